The van der Waals surface area contributed by atoms with Crippen LogP contribution >= 0.6 is 45.7 Å². The number of thioether (sulfide) groups is 1. The lowest BCUT2D eigenvalue weighted by molar-refractivity contribution is -0.121. The fraction of sp³-hybridized carbons (Fsp3) is 0.500. The van der Waals surface area contributed by atoms with Crippen molar-refractivity contribution in [3.05, 3.63) is 34.6 Å². The molecule has 28 heavy (non-hydrogen) atoms. The van der Waals surface area contributed by atoms with Gasteiger partial charge in [-0.15, -0.1) is 45.7 Å². The average Bonchev–Trinajstić information content (AvgIpc) is 2.64. The highest BCUT2D eigenvalue weighted by atomic mass is 79.9. The molecule has 6 nitrogen and oxygen atoms in total. The van der Waals surface area contributed by atoms with Crippen LogP contribution in [0.1, 0.15) is 19.3 Å². The Morgan fingerprint density at radius 3 is 2.86 bits per heavy atom. The van der Waals surface area contributed by atoms with E-state index in [1.165, 1.54) is 34.8 Å². The van der Waals surface area contributed by atoms with Gasteiger partial charge < -0.3 is 10.1 Å². The predicted octanol–water partition coefficient (Wildman–Crippen LogP) is 3.14. The van der Waals surface area contributed by atoms with Crippen LogP contribution in [0.5, 0.6) is 0 Å². The van der Waals surface area contributed by atoms with Gasteiger partial charge in [0, 0.05) is 30.5 Å². The molecule has 0 spiro atoms. The molecular weight excluding hydrogens is 517 g/mol. The summed E-state index contributed by atoms with van der Waals surface area (Å²) in [5, 5.41) is 3.63. The van der Waals surface area contributed by atoms with Crippen molar-refractivity contribution in [1.82, 2.24) is 14.9 Å². The molecule has 3 rings (SSSR count). The van der Waals surface area contributed by atoms with Gasteiger partial charge in [-0.05, 0) is 31.7 Å². The minimum atomic E-state index is -0.403. The maximum atomic E-state index is 13.9. The number of nitrogens with one attached hydrogen (secondary N) is 1. The number of aromatic nitrogens is 2. The Morgan fingerprint density at radius 2 is 2.18 bits per heavy atom. The number of halogens is 3. The Labute approximate surface area is 188 Å². The summed E-state index contributed by atoms with van der Waals surface area (Å²) in [4.78, 5) is 29.6. The third-order valence-electron chi connectivity index (χ3n) is 4.72. The Morgan fingerprint density at radius 1 is 1.43 bits per heavy atom. The maximum absolute atomic E-state index is 13.9. The van der Waals surface area contributed by atoms with Gasteiger partial charge in [0.15, 0.2) is 5.78 Å². The van der Waals surface area contributed by atoms with E-state index < -0.39 is 5.82 Å². The van der Waals surface area contributed by atoms with Crippen molar-refractivity contribution in [2.24, 2.45) is 0 Å². The van der Waals surface area contributed by atoms with E-state index in [1.54, 1.807) is 13.4 Å². The lowest BCUT2D eigenvalue weighted by Gasteiger charge is -2.31. The Hall–Kier alpha value is -0.810. The second-order valence-electron chi connectivity index (χ2n) is 6.40. The van der Waals surface area contributed by atoms with Crippen LogP contribution in [-0.4, -0.2) is 47.4 Å². The first-order valence-corrected chi connectivity index (χ1v) is 9.76. The zero-order valence-electron chi connectivity index (χ0n) is 15.6. The minimum Gasteiger partial charge on any atom is -0.380 e. The van der Waals surface area contributed by atoms with Crippen LogP contribution in [0.3, 0.4) is 0 Å². The lowest BCUT2D eigenvalue weighted by atomic mass is 9.96. The fourth-order valence-corrected chi connectivity index (χ4v) is 3.83. The third-order valence-corrected chi connectivity index (χ3v) is 5.47. The molecule has 1 aliphatic rings. The van der Waals surface area contributed by atoms with Crippen molar-refractivity contribution in [3.63, 3.8) is 0 Å². The van der Waals surface area contributed by atoms with Crippen LogP contribution in [0, 0.1) is 5.82 Å². The summed E-state index contributed by atoms with van der Waals surface area (Å²) in [6.07, 6.45) is 5.29. The molecule has 2 atom stereocenters. The number of methoxy groups -OCH3 is 1. The van der Waals surface area contributed by atoms with Crippen molar-refractivity contribution < 1.29 is 13.9 Å². The maximum Gasteiger partial charge on any atom is 0.261 e. The van der Waals surface area contributed by atoms with E-state index in [9.17, 15) is 14.0 Å². The molecule has 0 radical (unpaired) electrons. The number of hydrogen-bond acceptors (Lipinski definition) is 6. The largest absolute Gasteiger partial charge is 0.380 e. The van der Waals surface area contributed by atoms with E-state index in [-0.39, 0.29) is 64.0 Å². The zero-order valence-corrected chi connectivity index (χ0v) is 19.9. The van der Waals surface area contributed by atoms with Crippen LogP contribution in [0.25, 0.3) is 10.9 Å². The smallest absolute Gasteiger partial charge is 0.261 e. The Bertz CT molecular complexity index is 881. The van der Waals surface area contributed by atoms with Crippen LogP contribution in [-0.2, 0) is 16.1 Å². The van der Waals surface area contributed by atoms with E-state index in [0.717, 1.165) is 19.4 Å². The number of ketones is 1. The molecule has 1 fully saturated rings. The van der Waals surface area contributed by atoms with Gasteiger partial charge in [-0.25, -0.2) is 9.37 Å². The van der Waals surface area contributed by atoms with E-state index >= 15 is 0 Å². The van der Waals surface area contributed by atoms with Gasteiger partial charge in [-0.3, -0.25) is 14.2 Å². The summed E-state index contributed by atoms with van der Waals surface area (Å²) in [7, 11) is 1.65. The van der Waals surface area contributed by atoms with Crippen LogP contribution in [0.2, 0.25) is 0 Å². The molecule has 1 aromatic heterocycles. The first kappa shape index (κ1) is 25.2. The monoisotopic (exact) mass is 539 g/mol. The topological polar surface area (TPSA) is 73.2 Å². The normalized spacial score (nSPS) is 19.0. The molecule has 0 saturated carbocycles. The van der Waals surface area contributed by atoms with Crippen LogP contribution in [0.4, 0.5) is 4.39 Å². The van der Waals surface area contributed by atoms with E-state index in [2.05, 4.69) is 10.3 Å². The van der Waals surface area contributed by atoms with Gasteiger partial charge >= 0.3 is 0 Å². The standard InChI is InChI=1S/C18H22FN3O3S.2BrH/c1-25-16-4-3-5-20-15(16)6-11(23)9-22-10-21-14-8-13(19)17(26-2)7-12(14)18(22)24;;/h7-8,10,15-16,20H,3-6,9H2,1-2H3;2*1H/t15-,16+;;/m1../s1. The van der Waals surface area contributed by atoms with E-state index in [4.69, 9.17) is 4.74 Å². The van der Waals surface area contributed by atoms with Crippen molar-refractivity contribution in [3.8, 4) is 0 Å². The van der Waals surface area contributed by atoms with Crippen molar-refractivity contribution >= 4 is 62.4 Å². The number of piperidine rings is 1. The molecule has 0 unspecified atom stereocenters. The number of fused-ring (bicyclic) bond motifs is 1. The summed E-state index contributed by atoms with van der Waals surface area (Å²) in [6.45, 7) is 0.806. The van der Waals surface area contributed by atoms with Gasteiger partial charge in [-0.2, -0.15) is 0 Å². The molecule has 1 N–H and O–H groups in total. The van der Waals surface area contributed by atoms with Gasteiger partial charge in [0.2, 0.25) is 0 Å². The number of benzene rings is 1. The second-order valence-corrected chi connectivity index (χ2v) is 7.25. The summed E-state index contributed by atoms with van der Waals surface area (Å²) in [6, 6.07) is 2.71. The first-order valence-electron chi connectivity index (χ1n) is 8.54. The van der Waals surface area contributed by atoms with E-state index in [1.807, 2.05) is 0 Å². The molecule has 0 amide bonds. The highest BCUT2D eigenvalue weighted by Gasteiger charge is 2.26. The quantitative estimate of drug-likeness (QED) is 0.567. The molecule has 10 heteroatoms. The Kier molecular flexibility index (Phi) is 10.3. The third kappa shape index (κ3) is 5.63. The van der Waals surface area contributed by atoms with Crippen molar-refractivity contribution in [2.75, 3.05) is 19.9 Å². The average molecular weight is 541 g/mol. The molecular formula is C18H24Br2FN3O3S. The molecule has 1 aromatic carbocycles. The number of carbonyl (C=O) groups excluding carboxylic acids is 1. The van der Waals surface area contributed by atoms with Gasteiger partial charge in [0.25, 0.3) is 5.56 Å². The van der Waals surface area contributed by atoms with Gasteiger partial charge in [0.05, 0.1) is 29.9 Å². The predicted molar refractivity (Wildman–Crippen MR) is 120 cm³/mol. The molecule has 0 bridgehead atoms. The Balaban J connectivity index is 0.00000196. The number of nitrogens with zero attached hydrogens (tertiary/aromatic N) is 2. The zero-order chi connectivity index (χ0) is 18.7. The minimum absolute atomic E-state index is 0. The van der Waals surface area contributed by atoms with Crippen molar-refractivity contribution in [2.45, 2.75) is 42.8 Å². The number of ether oxygens (including phenoxy) is 1. The number of rotatable bonds is 6. The SMILES string of the molecule is Br.Br.CO[C@H]1CCCN[C@@H]1CC(=O)Cn1cnc2cc(F)c(SC)cc2c1=O. The fourth-order valence-electron chi connectivity index (χ4n) is 3.34. The molecule has 156 valence electrons. The molecule has 2 aromatic rings. The van der Waals surface area contributed by atoms with Crippen LogP contribution < -0.4 is 10.9 Å². The van der Waals surface area contributed by atoms with E-state index in [0.29, 0.717) is 22.2 Å². The number of Topliss-reactive ketones (excluding diaryl/α,β-unsaturated/α-hetero) is 1. The molecule has 2 heterocycles. The highest BCUT2D eigenvalue weighted by Crippen LogP contribution is 2.22. The van der Waals surface area contributed by atoms with Gasteiger partial charge in [0.1, 0.15) is 5.82 Å². The summed E-state index contributed by atoms with van der Waals surface area (Å²) < 4.78 is 20.6. The summed E-state index contributed by atoms with van der Waals surface area (Å²) in [5.74, 6) is -0.471. The summed E-state index contributed by atoms with van der Waals surface area (Å²) in [5.41, 5.74) is -0.0408. The van der Waals surface area contributed by atoms with Crippen molar-refractivity contribution in [1.29, 1.82) is 0 Å². The molecule has 1 saturated heterocycles. The lowest BCUT2D eigenvalue weighted by Crippen LogP contribution is -2.47. The molecule has 1 aliphatic heterocycles. The summed E-state index contributed by atoms with van der Waals surface area (Å²) >= 11 is 1.22. The highest BCUT2D eigenvalue weighted by molar-refractivity contribution is 8.93. The van der Waals surface area contributed by atoms with Gasteiger partial charge in [-0.1, -0.05) is 0 Å². The first-order chi connectivity index (χ1) is 12.5. The number of carbonyl (C=O) groups is 1. The molecule has 0 aliphatic carbocycles. The number of hydrogen-bond donors (Lipinski definition) is 1. The second kappa shape index (κ2) is 11.4. The van der Waals surface area contributed by atoms with Crippen LogP contribution in [0.15, 0.2) is 28.2 Å².